The number of rotatable bonds is 8. The maximum Gasteiger partial charge on any atom is 0.416 e. The summed E-state index contributed by atoms with van der Waals surface area (Å²) in [4.78, 5) is 27.6. The van der Waals surface area contributed by atoms with Crippen molar-refractivity contribution >= 4 is 11.5 Å². The number of hydrogen-bond donors (Lipinski definition) is 1. The summed E-state index contributed by atoms with van der Waals surface area (Å²) >= 11 is 0. The van der Waals surface area contributed by atoms with E-state index in [1.807, 2.05) is 6.07 Å². The summed E-state index contributed by atoms with van der Waals surface area (Å²) in [7, 11) is 4.26. The summed E-state index contributed by atoms with van der Waals surface area (Å²) in [5, 5.41) is 12.2. The molecule has 1 aliphatic carbocycles. The number of pyridine rings is 3. The highest BCUT2D eigenvalue weighted by atomic mass is 19.4. The van der Waals surface area contributed by atoms with Crippen molar-refractivity contribution in [2.24, 2.45) is 0 Å². The first-order chi connectivity index (χ1) is 19.6. The Kier molecular flexibility index (Phi) is 8.11. The van der Waals surface area contributed by atoms with Crippen molar-refractivity contribution in [1.29, 1.82) is 0 Å². The van der Waals surface area contributed by atoms with E-state index in [1.54, 1.807) is 36.3 Å². The zero-order valence-corrected chi connectivity index (χ0v) is 23.1. The smallest absolute Gasteiger partial charge is 0.381 e. The minimum Gasteiger partial charge on any atom is -0.381 e. The monoisotopic (exact) mass is 564 g/mol. The number of carbonyl (C=O) groups excluding carboxylic acids is 1. The Hall–Kier alpha value is -4.19. The van der Waals surface area contributed by atoms with Gasteiger partial charge in [0.15, 0.2) is 5.78 Å². The van der Waals surface area contributed by atoms with Crippen LogP contribution in [0.3, 0.4) is 0 Å². The van der Waals surface area contributed by atoms with Crippen molar-refractivity contribution in [3.63, 3.8) is 0 Å². The maximum atomic E-state index is 13.1. The van der Waals surface area contributed by atoms with E-state index in [4.69, 9.17) is 0 Å². The van der Waals surface area contributed by atoms with Crippen LogP contribution < -0.4 is 5.32 Å². The van der Waals surface area contributed by atoms with Crippen LogP contribution in [0.1, 0.15) is 53.0 Å². The van der Waals surface area contributed by atoms with Gasteiger partial charge < -0.3 is 10.2 Å². The van der Waals surface area contributed by atoms with Gasteiger partial charge in [-0.1, -0.05) is 5.21 Å². The molecule has 4 heterocycles. The number of nitrogens with one attached hydrogen (secondary N) is 1. The molecule has 41 heavy (non-hydrogen) atoms. The lowest BCUT2D eigenvalue weighted by atomic mass is 9.90. The molecule has 12 heteroatoms. The third-order valence-corrected chi connectivity index (χ3v) is 7.43. The number of nitrogens with zero attached hydrogens (tertiary/aromatic N) is 7. The second-order valence-electron chi connectivity index (χ2n) is 10.6. The van der Waals surface area contributed by atoms with E-state index in [-0.39, 0.29) is 12.1 Å². The Morgan fingerprint density at radius 1 is 1.07 bits per heavy atom. The van der Waals surface area contributed by atoms with Gasteiger partial charge in [0, 0.05) is 48.9 Å². The Morgan fingerprint density at radius 2 is 1.85 bits per heavy atom. The van der Waals surface area contributed by atoms with Crippen molar-refractivity contribution in [3.05, 3.63) is 77.8 Å². The van der Waals surface area contributed by atoms with Gasteiger partial charge in [-0.3, -0.25) is 19.7 Å². The molecule has 0 aromatic carbocycles. The first-order valence-corrected chi connectivity index (χ1v) is 13.4. The number of Topliss-reactive ketones (excluding diaryl/α,β-unsaturated/α-hetero) is 1. The van der Waals surface area contributed by atoms with Crippen molar-refractivity contribution in [1.82, 2.24) is 34.8 Å². The fourth-order valence-electron chi connectivity index (χ4n) is 5.07. The summed E-state index contributed by atoms with van der Waals surface area (Å²) in [5.41, 5.74) is 2.94. The molecule has 4 aromatic rings. The normalized spacial score (nSPS) is 17.5. The van der Waals surface area contributed by atoms with Gasteiger partial charge in [-0.2, -0.15) is 13.2 Å². The van der Waals surface area contributed by atoms with Crippen LogP contribution in [-0.4, -0.2) is 66.8 Å². The van der Waals surface area contributed by atoms with Crippen LogP contribution in [0.15, 0.2) is 55.2 Å². The van der Waals surface area contributed by atoms with Gasteiger partial charge in [-0.05, 0) is 76.5 Å². The Bertz CT molecular complexity index is 1530. The number of hydrogen-bond acceptors (Lipinski definition) is 8. The predicted octanol–water partition coefficient (Wildman–Crippen LogP) is 5.16. The second kappa shape index (κ2) is 11.7. The predicted molar refractivity (Wildman–Crippen MR) is 148 cm³/mol. The molecular weight excluding hydrogens is 533 g/mol. The van der Waals surface area contributed by atoms with Crippen molar-refractivity contribution in [2.75, 3.05) is 19.4 Å². The van der Waals surface area contributed by atoms with E-state index in [9.17, 15) is 18.0 Å². The SMILES string of the molecule is Cc1ncc(CC(=O)c2cc(C(F)(F)F)ccn2)cc1-n1cc(-c2cncc(NC3CCC(N(C)C)CC3)c2)nn1. The highest BCUT2D eigenvalue weighted by molar-refractivity contribution is 5.95. The number of aromatic nitrogens is 6. The van der Waals surface area contributed by atoms with E-state index in [0.717, 1.165) is 55.3 Å². The molecule has 0 atom stereocenters. The zero-order chi connectivity index (χ0) is 29.1. The molecule has 5 rings (SSSR count). The van der Waals surface area contributed by atoms with Gasteiger partial charge in [0.2, 0.25) is 0 Å². The molecule has 1 saturated carbocycles. The third kappa shape index (κ3) is 6.76. The number of ketones is 1. The quantitative estimate of drug-likeness (QED) is 0.293. The average molecular weight is 565 g/mol. The molecule has 0 unspecified atom stereocenters. The Labute approximate surface area is 235 Å². The largest absolute Gasteiger partial charge is 0.416 e. The van der Waals surface area contributed by atoms with E-state index in [0.29, 0.717) is 34.7 Å². The molecule has 0 amide bonds. The zero-order valence-electron chi connectivity index (χ0n) is 23.1. The minimum atomic E-state index is -4.56. The summed E-state index contributed by atoms with van der Waals surface area (Å²) in [6, 6.07) is 6.35. The van der Waals surface area contributed by atoms with Crippen LogP contribution in [0.4, 0.5) is 18.9 Å². The van der Waals surface area contributed by atoms with Crippen LogP contribution in [0.5, 0.6) is 0 Å². The third-order valence-electron chi connectivity index (χ3n) is 7.43. The molecule has 1 aliphatic rings. The van der Waals surface area contributed by atoms with E-state index in [1.165, 1.54) is 6.20 Å². The topological polar surface area (TPSA) is 102 Å². The fraction of sp³-hybridized carbons (Fsp3) is 0.379. The maximum absolute atomic E-state index is 13.1. The van der Waals surface area contributed by atoms with Gasteiger partial charge in [0.25, 0.3) is 0 Å². The van der Waals surface area contributed by atoms with Gasteiger partial charge >= 0.3 is 6.18 Å². The summed E-state index contributed by atoms with van der Waals surface area (Å²) < 4.78 is 40.7. The van der Waals surface area contributed by atoms with Crippen LogP contribution in [0.25, 0.3) is 16.9 Å². The van der Waals surface area contributed by atoms with Crippen molar-refractivity contribution in [2.45, 2.75) is 57.3 Å². The lowest BCUT2D eigenvalue weighted by Gasteiger charge is -2.33. The van der Waals surface area contributed by atoms with Gasteiger partial charge in [-0.15, -0.1) is 5.10 Å². The van der Waals surface area contributed by atoms with Crippen LogP contribution in [0, 0.1) is 6.92 Å². The molecule has 9 nitrogen and oxygen atoms in total. The van der Waals surface area contributed by atoms with Gasteiger partial charge in [-0.25, -0.2) is 4.68 Å². The van der Waals surface area contributed by atoms with Crippen LogP contribution >= 0.6 is 0 Å². The van der Waals surface area contributed by atoms with Crippen molar-refractivity contribution < 1.29 is 18.0 Å². The number of alkyl halides is 3. The first kappa shape index (κ1) is 28.3. The standard InChI is InChI=1S/C29H31F3N8O/c1-18-27(10-19(14-35-18)11-28(41)25-13-21(8-9-34-25)29(30,31)32)40-17-26(37-38-40)20-12-23(16-33-15-20)36-22-4-6-24(7-5-22)39(2)3/h8-10,12-17,22,24,36H,4-7,11H2,1-3H3. The van der Waals surface area contributed by atoms with Gasteiger partial charge in [0.1, 0.15) is 11.4 Å². The second-order valence-corrected chi connectivity index (χ2v) is 10.6. The lowest BCUT2D eigenvalue weighted by molar-refractivity contribution is -0.137. The van der Waals surface area contributed by atoms with Crippen molar-refractivity contribution in [3.8, 4) is 16.9 Å². The lowest BCUT2D eigenvalue weighted by Crippen LogP contribution is -2.36. The summed E-state index contributed by atoms with van der Waals surface area (Å²) in [5.74, 6) is -0.544. The molecule has 214 valence electrons. The Balaban J connectivity index is 1.29. The number of carbonyl (C=O) groups is 1. The van der Waals surface area contributed by atoms with E-state index >= 15 is 0 Å². The summed E-state index contributed by atoms with van der Waals surface area (Å²) in [6.07, 6.45) is 7.57. The molecule has 1 N–H and O–H groups in total. The number of aryl methyl sites for hydroxylation is 1. The van der Waals surface area contributed by atoms with Crippen LogP contribution in [0.2, 0.25) is 0 Å². The van der Waals surface area contributed by atoms with E-state index in [2.05, 4.69) is 49.6 Å². The summed E-state index contributed by atoms with van der Waals surface area (Å²) in [6.45, 7) is 1.80. The number of anilines is 1. The fourth-order valence-corrected chi connectivity index (χ4v) is 5.07. The molecular formula is C29H31F3N8O. The molecule has 0 bridgehead atoms. The molecule has 0 radical (unpaired) electrons. The van der Waals surface area contributed by atoms with E-state index < -0.39 is 17.5 Å². The molecule has 1 fully saturated rings. The molecule has 0 saturated heterocycles. The molecule has 4 aromatic heterocycles. The minimum absolute atomic E-state index is 0.162. The molecule has 0 spiro atoms. The number of halogens is 3. The average Bonchev–Trinajstić information content (AvgIpc) is 3.44. The van der Waals surface area contributed by atoms with Crippen LogP contribution in [-0.2, 0) is 12.6 Å². The highest BCUT2D eigenvalue weighted by Gasteiger charge is 2.31. The first-order valence-electron chi connectivity index (χ1n) is 13.4. The molecule has 0 aliphatic heterocycles. The highest BCUT2D eigenvalue weighted by Crippen LogP contribution is 2.30. The van der Waals surface area contributed by atoms with Gasteiger partial charge in [0.05, 0.1) is 28.8 Å². The Morgan fingerprint density at radius 3 is 2.59 bits per heavy atom.